The van der Waals surface area contributed by atoms with Crippen LogP contribution in [-0.2, 0) is 20.3 Å². The largest absolute Gasteiger partial charge is 0.462 e. The highest BCUT2D eigenvalue weighted by Gasteiger charge is 2.19. The molecule has 0 unspecified atom stereocenters. The van der Waals surface area contributed by atoms with Crippen LogP contribution in [-0.4, -0.2) is 27.2 Å². The first-order valence-corrected chi connectivity index (χ1v) is 7.24. The van der Waals surface area contributed by atoms with Gasteiger partial charge in [0.25, 0.3) is 0 Å². The standard InChI is InChI=1S/C11H14FNO4S/c1-3-17-11(14)7-4-5-9(12)8(10(7)13)6-18(2,15)16/h4-5H,3,6,13H2,1-2H3. The minimum atomic E-state index is -3.45. The van der Waals surface area contributed by atoms with Crippen molar-refractivity contribution in [2.45, 2.75) is 12.7 Å². The molecule has 0 heterocycles. The maximum absolute atomic E-state index is 13.5. The SMILES string of the molecule is CCOC(=O)c1ccc(F)c(CS(C)(=O)=O)c1N. The van der Waals surface area contributed by atoms with Crippen molar-refractivity contribution in [3.05, 3.63) is 29.1 Å². The number of hydrogen-bond acceptors (Lipinski definition) is 5. The normalized spacial score (nSPS) is 11.3. The van der Waals surface area contributed by atoms with E-state index in [0.29, 0.717) is 0 Å². The lowest BCUT2D eigenvalue weighted by Crippen LogP contribution is -2.13. The van der Waals surface area contributed by atoms with Crippen LogP contribution in [0.15, 0.2) is 12.1 Å². The molecule has 0 amide bonds. The molecular weight excluding hydrogens is 261 g/mol. The summed E-state index contributed by atoms with van der Waals surface area (Å²) in [6.07, 6.45) is 0.961. The fourth-order valence-corrected chi connectivity index (χ4v) is 2.25. The molecule has 0 aliphatic heterocycles. The third-order valence-corrected chi connectivity index (χ3v) is 3.01. The Morgan fingerprint density at radius 2 is 2.06 bits per heavy atom. The molecular formula is C11H14FNO4S. The Balaban J connectivity index is 3.27. The molecule has 0 fully saturated rings. The Kier molecular flexibility index (Phi) is 4.28. The summed E-state index contributed by atoms with van der Waals surface area (Å²) in [5.41, 5.74) is 5.19. The van der Waals surface area contributed by atoms with E-state index < -0.39 is 27.4 Å². The van der Waals surface area contributed by atoms with Crippen LogP contribution >= 0.6 is 0 Å². The lowest BCUT2D eigenvalue weighted by atomic mass is 10.1. The number of hydrogen-bond donors (Lipinski definition) is 1. The Morgan fingerprint density at radius 3 is 2.56 bits per heavy atom. The molecule has 1 aromatic carbocycles. The van der Waals surface area contributed by atoms with Gasteiger partial charge in [0, 0.05) is 11.8 Å². The highest BCUT2D eigenvalue weighted by atomic mass is 32.2. The van der Waals surface area contributed by atoms with E-state index in [9.17, 15) is 17.6 Å². The number of halogens is 1. The minimum absolute atomic E-state index is 0.0306. The molecule has 100 valence electrons. The molecule has 7 heteroatoms. The first-order valence-electron chi connectivity index (χ1n) is 5.18. The highest BCUT2D eigenvalue weighted by molar-refractivity contribution is 7.89. The molecule has 18 heavy (non-hydrogen) atoms. The number of anilines is 1. The van der Waals surface area contributed by atoms with Gasteiger partial charge in [-0.05, 0) is 19.1 Å². The van der Waals surface area contributed by atoms with Crippen LogP contribution in [0.25, 0.3) is 0 Å². The summed E-state index contributed by atoms with van der Waals surface area (Å²) in [5, 5.41) is 0. The molecule has 0 aliphatic carbocycles. The zero-order valence-corrected chi connectivity index (χ0v) is 10.9. The topological polar surface area (TPSA) is 86.5 Å². The lowest BCUT2D eigenvalue weighted by Gasteiger charge is -2.10. The average Bonchev–Trinajstić information content (AvgIpc) is 2.23. The quantitative estimate of drug-likeness (QED) is 0.657. The number of sulfone groups is 1. The van der Waals surface area contributed by atoms with Gasteiger partial charge in [-0.25, -0.2) is 17.6 Å². The Hall–Kier alpha value is -1.63. The van der Waals surface area contributed by atoms with Crippen molar-refractivity contribution < 1.29 is 22.3 Å². The van der Waals surface area contributed by atoms with Gasteiger partial charge in [-0.2, -0.15) is 0 Å². The maximum Gasteiger partial charge on any atom is 0.340 e. The van der Waals surface area contributed by atoms with Gasteiger partial charge in [0.15, 0.2) is 9.84 Å². The summed E-state index contributed by atoms with van der Waals surface area (Å²) < 4.78 is 40.6. The molecule has 1 aromatic rings. The van der Waals surface area contributed by atoms with Gasteiger partial charge in [0.2, 0.25) is 0 Å². The zero-order valence-electron chi connectivity index (χ0n) is 10.1. The highest BCUT2D eigenvalue weighted by Crippen LogP contribution is 2.23. The molecule has 5 nitrogen and oxygen atoms in total. The smallest absolute Gasteiger partial charge is 0.340 e. The van der Waals surface area contributed by atoms with Gasteiger partial charge >= 0.3 is 5.97 Å². The molecule has 0 aliphatic rings. The fourth-order valence-electron chi connectivity index (χ4n) is 1.43. The summed E-state index contributed by atoms with van der Waals surface area (Å²) in [7, 11) is -3.45. The number of rotatable bonds is 4. The van der Waals surface area contributed by atoms with E-state index in [1.807, 2.05) is 0 Å². The molecule has 0 saturated carbocycles. The van der Waals surface area contributed by atoms with E-state index >= 15 is 0 Å². The Bertz CT molecular complexity index is 569. The van der Waals surface area contributed by atoms with Crippen molar-refractivity contribution in [3.8, 4) is 0 Å². The van der Waals surface area contributed by atoms with Crippen molar-refractivity contribution in [3.63, 3.8) is 0 Å². The molecule has 0 spiro atoms. The fraction of sp³-hybridized carbons (Fsp3) is 0.364. The van der Waals surface area contributed by atoms with Crippen molar-refractivity contribution in [2.24, 2.45) is 0 Å². The van der Waals surface area contributed by atoms with Crippen LogP contribution in [0.3, 0.4) is 0 Å². The van der Waals surface area contributed by atoms with Crippen molar-refractivity contribution in [1.82, 2.24) is 0 Å². The summed E-state index contributed by atoms with van der Waals surface area (Å²) in [6, 6.07) is 2.18. The van der Waals surface area contributed by atoms with Crippen LogP contribution in [0.1, 0.15) is 22.8 Å². The predicted octanol–water partition coefficient (Wildman–Crippen LogP) is 1.13. The number of ether oxygens (including phenoxy) is 1. The number of nitrogen functional groups attached to an aromatic ring is 1. The van der Waals surface area contributed by atoms with E-state index in [1.54, 1.807) is 6.92 Å². The molecule has 0 atom stereocenters. The van der Waals surface area contributed by atoms with Crippen LogP contribution < -0.4 is 5.73 Å². The first-order chi connectivity index (χ1) is 8.26. The van der Waals surface area contributed by atoms with Gasteiger partial charge in [0.05, 0.1) is 23.6 Å². The minimum Gasteiger partial charge on any atom is -0.462 e. The van der Waals surface area contributed by atoms with Gasteiger partial charge in [-0.15, -0.1) is 0 Å². The predicted molar refractivity (Wildman–Crippen MR) is 65.3 cm³/mol. The lowest BCUT2D eigenvalue weighted by molar-refractivity contribution is 0.0527. The summed E-state index contributed by atoms with van der Waals surface area (Å²) >= 11 is 0. The molecule has 0 radical (unpaired) electrons. The van der Waals surface area contributed by atoms with Gasteiger partial charge in [0.1, 0.15) is 5.82 Å². The second-order valence-electron chi connectivity index (χ2n) is 3.78. The van der Waals surface area contributed by atoms with E-state index in [-0.39, 0.29) is 23.4 Å². The van der Waals surface area contributed by atoms with Crippen LogP contribution in [0, 0.1) is 5.82 Å². The maximum atomic E-state index is 13.5. The number of esters is 1. The van der Waals surface area contributed by atoms with Crippen molar-refractivity contribution in [2.75, 3.05) is 18.6 Å². The van der Waals surface area contributed by atoms with E-state index in [4.69, 9.17) is 10.5 Å². The Labute approximate surface area is 105 Å². The molecule has 0 bridgehead atoms. The number of benzene rings is 1. The monoisotopic (exact) mass is 275 g/mol. The number of carbonyl (C=O) groups excluding carboxylic acids is 1. The zero-order chi connectivity index (χ0) is 13.9. The van der Waals surface area contributed by atoms with Crippen molar-refractivity contribution in [1.29, 1.82) is 0 Å². The van der Waals surface area contributed by atoms with Gasteiger partial charge < -0.3 is 10.5 Å². The van der Waals surface area contributed by atoms with Gasteiger partial charge in [-0.3, -0.25) is 0 Å². The van der Waals surface area contributed by atoms with Crippen LogP contribution in [0.5, 0.6) is 0 Å². The second kappa shape index (κ2) is 5.34. The van der Waals surface area contributed by atoms with E-state index in [2.05, 4.69) is 0 Å². The van der Waals surface area contributed by atoms with Crippen LogP contribution in [0.4, 0.5) is 10.1 Å². The third kappa shape index (κ3) is 3.43. The summed E-state index contributed by atoms with van der Waals surface area (Å²) in [5.74, 6) is -2.02. The number of carbonyl (C=O) groups is 1. The molecule has 0 aromatic heterocycles. The van der Waals surface area contributed by atoms with E-state index in [0.717, 1.165) is 12.3 Å². The summed E-state index contributed by atoms with van der Waals surface area (Å²) in [6.45, 7) is 1.77. The van der Waals surface area contributed by atoms with Crippen LogP contribution in [0.2, 0.25) is 0 Å². The molecule has 1 rings (SSSR count). The average molecular weight is 275 g/mol. The van der Waals surface area contributed by atoms with Crippen molar-refractivity contribution >= 4 is 21.5 Å². The van der Waals surface area contributed by atoms with E-state index in [1.165, 1.54) is 6.07 Å². The molecule has 0 saturated heterocycles. The van der Waals surface area contributed by atoms with Gasteiger partial charge in [-0.1, -0.05) is 0 Å². The summed E-state index contributed by atoms with van der Waals surface area (Å²) in [4.78, 5) is 11.5. The second-order valence-corrected chi connectivity index (χ2v) is 5.92. The molecule has 2 N–H and O–H groups in total. The third-order valence-electron chi connectivity index (χ3n) is 2.20. The number of nitrogens with two attached hydrogens (primary N) is 1. The first kappa shape index (κ1) is 14.4. The Morgan fingerprint density at radius 1 is 1.44 bits per heavy atom.